The van der Waals surface area contributed by atoms with Crippen LogP contribution in [-0.4, -0.2) is 34.5 Å². The van der Waals surface area contributed by atoms with Gasteiger partial charge < -0.3 is 16.2 Å². The number of thioether (sulfide) groups is 1. The first-order valence-electron chi connectivity index (χ1n) is 5.71. The molecule has 8 heteroatoms. The van der Waals surface area contributed by atoms with E-state index in [2.05, 4.69) is 5.32 Å². The second kappa shape index (κ2) is 8.08. The van der Waals surface area contributed by atoms with Crippen molar-refractivity contribution in [3.63, 3.8) is 0 Å². The summed E-state index contributed by atoms with van der Waals surface area (Å²) in [6, 6.07) is 2.97. The summed E-state index contributed by atoms with van der Waals surface area (Å²) in [6.45, 7) is 0. The maximum atomic E-state index is 12.9. The summed E-state index contributed by atoms with van der Waals surface area (Å²) in [6.07, 6.45) is 0.287. The number of aliphatic carboxylic acids is 1. The van der Waals surface area contributed by atoms with E-state index in [1.807, 2.05) is 0 Å². The third-order valence-electron chi connectivity index (χ3n) is 2.33. The van der Waals surface area contributed by atoms with E-state index in [9.17, 15) is 14.0 Å². The minimum atomic E-state index is -1.06. The van der Waals surface area contributed by atoms with Crippen molar-refractivity contribution >= 4 is 40.9 Å². The largest absolute Gasteiger partial charge is 0.480 e. The van der Waals surface area contributed by atoms with Crippen molar-refractivity contribution in [3.05, 3.63) is 29.0 Å². The van der Waals surface area contributed by atoms with Crippen molar-refractivity contribution in [1.82, 2.24) is 0 Å². The number of hydrogen-bond donors (Lipinski definition) is 3. The van der Waals surface area contributed by atoms with Crippen LogP contribution in [0.4, 0.5) is 10.1 Å². The Morgan fingerprint density at radius 2 is 2.20 bits per heavy atom. The van der Waals surface area contributed by atoms with Gasteiger partial charge in [-0.3, -0.25) is 9.59 Å². The Morgan fingerprint density at radius 1 is 1.50 bits per heavy atom. The van der Waals surface area contributed by atoms with Gasteiger partial charge in [-0.15, -0.1) is 0 Å². The summed E-state index contributed by atoms with van der Waals surface area (Å²) in [4.78, 5) is 22.0. The fourth-order valence-electron chi connectivity index (χ4n) is 1.27. The fraction of sp³-hybridized carbons (Fsp3) is 0.333. The number of rotatable bonds is 7. The highest BCUT2D eigenvalue weighted by Crippen LogP contribution is 2.19. The molecule has 0 bridgehead atoms. The van der Waals surface area contributed by atoms with Crippen LogP contribution in [-0.2, 0) is 9.59 Å². The maximum absolute atomic E-state index is 12.9. The molecule has 0 saturated carbocycles. The van der Waals surface area contributed by atoms with Crippen molar-refractivity contribution in [3.8, 4) is 0 Å². The van der Waals surface area contributed by atoms with Gasteiger partial charge in [0.1, 0.15) is 11.9 Å². The Bertz CT molecular complexity index is 502. The number of carboxylic acid groups (broad SMARTS) is 1. The summed E-state index contributed by atoms with van der Waals surface area (Å²) in [7, 11) is 0. The topological polar surface area (TPSA) is 92.4 Å². The number of hydrogen-bond acceptors (Lipinski definition) is 4. The van der Waals surface area contributed by atoms with Gasteiger partial charge in [0, 0.05) is 5.69 Å². The summed E-state index contributed by atoms with van der Waals surface area (Å²) in [5.41, 5.74) is 5.73. The van der Waals surface area contributed by atoms with Crippen molar-refractivity contribution in [2.45, 2.75) is 12.5 Å². The third kappa shape index (κ3) is 5.77. The van der Waals surface area contributed by atoms with Crippen LogP contribution in [0.5, 0.6) is 0 Å². The van der Waals surface area contributed by atoms with E-state index in [4.69, 9.17) is 22.4 Å². The minimum Gasteiger partial charge on any atom is -0.480 e. The molecule has 1 aromatic rings. The highest BCUT2D eigenvalue weighted by atomic mass is 35.5. The maximum Gasteiger partial charge on any atom is 0.320 e. The molecule has 0 aromatic heterocycles. The highest BCUT2D eigenvalue weighted by molar-refractivity contribution is 7.99. The molecule has 20 heavy (non-hydrogen) atoms. The number of carboxylic acids is 1. The van der Waals surface area contributed by atoms with Crippen LogP contribution in [0.25, 0.3) is 0 Å². The average molecular weight is 321 g/mol. The van der Waals surface area contributed by atoms with Crippen LogP contribution in [0, 0.1) is 5.82 Å². The standard InChI is InChI=1S/C12H14ClFN2O3S/c13-8-5-7(1-2-9(8)14)16-11(17)6-20-4-3-10(15)12(18)19/h1-2,5,10H,3-4,6,15H2,(H,16,17)(H,18,19). The first-order chi connectivity index (χ1) is 9.40. The fourth-order valence-corrected chi connectivity index (χ4v) is 2.27. The Kier molecular flexibility index (Phi) is 6.77. The van der Waals surface area contributed by atoms with Gasteiger partial charge in [-0.2, -0.15) is 11.8 Å². The quantitative estimate of drug-likeness (QED) is 0.668. The molecule has 110 valence electrons. The van der Waals surface area contributed by atoms with E-state index >= 15 is 0 Å². The summed E-state index contributed by atoms with van der Waals surface area (Å²) in [5.74, 6) is -1.27. The van der Waals surface area contributed by atoms with Crippen LogP contribution in [0.2, 0.25) is 5.02 Å². The van der Waals surface area contributed by atoms with E-state index in [0.29, 0.717) is 11.4 Å². The van der Waals surface area contributed by atoms with Crippen LogP contribution < -0.4 is 11.1 Å². The molecule has 4 N–H and O–H groups in total. The molecule has 1 amide bonds. The lowest BCUT2D eigenvalue weighted by molar-refractivity contribution is -0.138. The van der Waals surface area contributed by atoms with E-state index < -0.39 is 17.8 Å². The molecule has 5 nitrogen and oxygen atoms in total. The van der Waals surface area contributed by atoms with Crippen molar-refractivity contribution < 1.29 is 19.1 Å². The monoisotopic (exact) mass is 320 g/mol. The van der Waals surface area contributed by atoms with Gasteiger partial charge in [0.2, 0.25) is 5.91 Å². The number of nitrogens with one attached hydrogen (secondary N) is 1. The van der Waals surface area contributed by atoms with Crippen LogP contribution in [0.1, 0.15) is 6.42 Å². The van der Waals surface area contributed by atoms with Crippen molar-refractivity contribution in [2.24, 2.45) is 5.73 Å². The molecular weight excluding hydrogens is 307 g/mol. The van der Waals surface area contributed by atoms with E-state index in [-0.39, 0.29) is 23.1 Å². The van der Waals surface area contributed by atoms with Gasteiger partial charge in [0.25, 0.3) is 0 Å². The first kappa shape index (κ1) is 16.7. The lowest BCUT2D eigenvalue weighted by Crippen LogP contribution is -2.30. The number of benzene rings is 1. The smallest absolute Gasteiger partial charge is 0.320 e. The van der Waals surface area contributed by atoms with Gasteiger partial charge >= 0.3 is 5.97 Å². The number of carbonyl (C=O) groups excluding carboxylic acids is 1. The molecular formula is C12H14ClFN2O3S. The second-order valence-corrected chi connectivity index (χ2v) is 5.48. The Morgan fingerprint density at radius 3 is 2.80 bits per heavy atom. The molecule has 1 rings (SSSR count). The van der Waals surface area contributed by atoms with Gasteiger partial charge in [0.05, 0.1) is 10.8 Å². The molecule has 0 radical (unpaired) electrons. The predicted octanol–water partition coefficient (Wildman–Crippen LogP) is 1.95. The van der Waals surface area contributed by atoms with Gasteiger partial charge in [-0.1, -0.05) is 11.6 Å². The lowest BCUT2D eigenvalue weighted by atomic mass is 10.2. The molecule has 0 spiro atoms. The SMILES string of the molecule is NC(CCSCC(=O)Nc1ccc(F)c(Cl)c1)C(=O)O. The Hall–Kier alpha value is -1.31. The lowest BCUT2D eigenvalue weighted by Gasteiger charge is -2.07. The number of carbonyl (C=O) groups is 2. The molecule has 0 saturated heterocycles. The first-order valence-corrected chi connectivity index (χ1v) is 7.24. The second-order valence-electron chi connectivity index (χ2n) is 3.96. The number of halogens is 2. The molecule has 0 aliphatic heterocycles. The van der Waals surface area contributed by atoms with Crippen molar-refractivity contribution in [1.29, 1.82) is 0 Å². The third-order valence-corrected chi connectivity index (χ3v) is 3.61. The molecule has 0 fully saturated rings. The Balaban J connectivity index is 2.30. The van der Waals surface area contributed by atoms with Gasteiger partial charge in [-0.25, -0.2) is 4.39 Å². The van der Waals surface area contributed by atoms with Crippen LogP contribution >= 0.6 is 23.4 Å². The van der Waals surface area contributed by atoms with E-state index in [0.717, 1.165) is 6.07 Å². The van der Waals surface area contributed by atoms with Gasteiger partial charge in [-0.05, 0) is 30.4 Å². The van der Waals surface area contributed by atoms with E-state index in [1.54, 1.807) is 0 Å². The zero-order valence-corrected chi connectivity index (χ0v) is 12.0. The summed E-state index contributed by atoms with van der Waals surface area (Å²) >= 11 is 6.86. The minimum absolute atomic E-state index is 0.0668. The van der Waals surface area contributed by atoms with Crippen molar-refractivity contribution in [2.75, 3.05) is 16.8 Å². The molecule has 1 atom stereocenters. The van der Waals surface area contributed by atoms with Gasteiger partial charge in [0.15, 0.2) is 0 Å². The predicted molar refractivity (Wildman–Crippen MR) is 77.6 cm³/mol. The normalized spacial score (nSPS) is 11.9. The summed E-state index contributed by atoms with van der Waals surface area (Å²) < 4.78 is 12.9. The van der Waals surface area contributed by atoms with E-state index in [1.165, 1.54) is 23.9 Å². The average Bonchev–Trinajstić information content (AvgIpc) is 2.38. The van der Waals surface area contributed by atoms with Crippen LogP contribution in [0.15, 0.2) is 18.2 Å². The number of amides is 1. The number of nitrogens with two attached hydrogens (primary N) is 1. The Labute approximate surface area is 124 Å². The molecule has 0 aliphatic carbocycles. The number of anilines is 1. The molecule has 0 heterocycles. The summed E-state index contributed by atoms with van der Waals surface area (Å²) in [5, 5.41) is 11.1. The zero-order chi connectivity index (χ0) is 15.1. The zero-order valence-electron chi connectivity index (χ0n) is 10.4. The molecule has 0 aliphatic rings. The van der Waals surface area contributed by atoms with Crippen LogP contribution in [0.3, 0.4) is 0 Å². The highest BCUT2D eigenvalue weighted by Gasteiger charge is 2.11. The molecule has 1 unspecified atom stereocenters. The molecule has 1 aromatic carbocycles.